The van der Waals surface area contributed by atoms with E-state index in [0.717, 1.165) is 5.56 Å². The first-order chi connectivity index (χ1) is 17.1. The lowest BCUT2D eigenvalue weighted by atomic mass is 9.82. The van der Waals surface area contributed by atoms with E-state index in [-0.39, 0.29) is 49.1 Å². The lowest BCUT2D eigenvalue weighted by molar-refractivity contribution is -0.153. The van der Waals surface area contributed by atoms with Crippen LogP contribution < -0.4 is 9.47 Å². The van der Waals surface area contributed by atoms with Crippen molar-refractivity contribution < 1.29 is 28.3 Å². The van der Waals surface area contributed by atoms with Crippen LogP contribution in [-0.4, -0.2) is 46.1 Å². The molecule has 0 saturated carbocycles. The van der Waals surface area contributed by atoms with Gasteiger partial charge in [0.25, 0.3) is 11.8 Å². The number of imide groups is 1. The molecule has 9 heteroatoms. The Morgan fingerprint density at radius 2 is 1.89 bits per heavy atom. The molecule has 0 bridgehead atoms. The smallest absolute Gasteiger partial charge is 0.284 e. The number of carbonyl (C=O) groups is 3. The maximum Gasteiger partial charge on any atom is 0.284 e. The van der Waals surface area contributed by atoms with Crippen LogP contribution >= 0.6 is 0 Å². The van der Waals surface area contributed by atoms with Gasteiger partial charge in [-0.3, -0.25) is 19.3 Å². The van der Waals surface area contributed by atoms with Crippen molar-refractivity contribution in [3.05, 3.63) is 65.7 Å². The molecule has 3 heterocycles. The number of amides is 2. The van der Waals surface area contributed by atoms with Gasteiger partial charge in [0.05, 0.1) is 18.9 Å². The van der Waals surface area contributed by atoms with Crippen molar-refractivity contribution in [2.45, 2.75) is 46.6 Å². The number of carbonyl (C=O) groups excluding carboxylic acids is 3. The fourth-order valence-electron chi connectivity index (χ4n) is 4.30. The van der Waals surface area contributed by atoms with E-state index in [0.29, 0.717) is 17.0 Å². The van der Waals surface area contributed by atoms with Crippen LogP contribution in [-0.2, 0) is 16.2 Å². The van der Waals surface area contributed by atoms with Gasteiger partial charge in [0, 0.05) is 24.3 Å². The summed E-state index contributed by atoms with van der Waals surface area (Å²) in [4.78, 5) is 40.4. The number of likely N-dealkylation sites (tertiary alicyclic amines) is 1. The second kappa shape index (κ2) is 10.0. The number of aromatic nitrogens is 2. The normalized spacial score (nSPS) is 18.2. The zero-order chi connectivity index (χ0) is 26.0. The summed E-state index contributed by atoms with van der Waals surface area (Å²) in [5.74, 6) is -0.938. The van der Waals surface area contributed by atoms with Gasteiger partial charge in [0.1, 0.15) is 18.6 Å². The van der Waals surface area contributed by atoms with Gasteiger partial charge >= 0.3 is 0 Å². The van der Waals surface area contributed by atoms with E-state index < -0.39 is 11.3 Å². The number of piperidine rings is 1. The molecule has 36 heavy (non-hydrogen) atoms. The molecule has 2 amide bonds. The molecule has 190 valence electrons. The second-order valence-electron chi connectivity index (χ2n) is 10.1. The van der Waals surface area contributed by atoms with E-state index in [2.05, 4.69) is 5.10 Å². The highest BCUT2D eigenvalue weighted by molar-refractivity contribution is 5.98. The second-order valence-corrected chi connectivity index (χ2v) is 10.1. The SMILES string of the molecule is COc1c(C2CN(C(=O)C(C)(C)C)C(=O)CC2C)nn(C(=O)c2ccoc2)c1OCc1ccccc1. The minimum absolute atomic E-state index is 0.134. The molecule has 9 nitrogen and oxygen atoms in total. The molecule has 2 atom stereocenters. The number of furan rings is 1. The summed E-state index contributed by atoms with van der Waals surface area (Å²) in [5.41, 5.74) is 0.950. The fourth-order valence-corrected chi connectivity index (χ4v) is 4.30. The van der Waals surface area contributed by atoms with E-state index in [4.69, 9.17) is 13.9 Å². The van der Waals surface area contributed by atoms with E-state index in [9.17, 15) is 14.4 Å². The van der Waals surface area contributed by atoms with Gasteiger partial charge in [-0.05, 0) is 17.5 Å². The van der Waals surface area contributed by atoms with Crippen LogP contribution in [0.4, 0.5) is 0 Å². The molecule has 0 radical (unpaired) electrons. The molecule has 1 aliphatic rings. The Morgan fingerprint density at radius 3 is 2.50 bits per heavy atom. The molecule has 2 aromatic heterocycles. The van der Waals surface area contributed by atoms with Gasteiger partial charge in [0.2, 0.25) is 17.6 Å². The predicted molar refractivity (Wildman–Crippen MR) is 131 cm³/mol. The van der Waals surface area contributed by atoms with E-state index in [1.807, 2.05) is 37.3 Å². The van der Waals surface area contributed by atoms with Gasteiger partial charge in [-0.25, -0.2) is 0 Å². The van der Waals surface area contributed by atoms with Gasteiger partial charge in [0.15, 0.2) is 0 Å². The van der Waals surface area contributed by atoms with Crippen LogP contribution in [0.25, 0.3) is 0 Å². The molecule has 3 aromatic rings. The maximum atomic E-state index is 13.3. The third-order valence-corrected chi connectivity index (χ3v) is 6.31. The Hall–Kier alpha value is -3.88. The molecule has 0 aliphatic carbocycles. The van der Waals surface area contributed by atoms with Crippen LogP contribution in [0.3, 0.4) is 0 Å². The predicted octanol–water partition coefficient (Wildman–Crippen LogP) is 4.28. The molecular formula is C27H31N3O6. The van der Waals surface area contributed by atoms with Gasteiger partial charge in [-0.1, -0.05) is 58.0 Å². The van der Waals surface area contributed by atoms with Gasteiger partial charge in [-0.2, -0.15) is 9.78 Å². The molecule has 4 rings (SSSR count). The summed E-state index contributed by atoms with van der Waals surface area (Å²) in [5, 5.41) is 4.63. The summed E-state index contributed by atoms with van der Waals surface area (Å²) < 4.78 is 18.1. The highest BCUT2D eigenvalue weighted by Gasteiger charge is 2.42. The van der Waals surface area contributed by atoms with Crippen molar-refractivity contribution in [3.63, 3.8) is 0 Å². The van der Waals surface area contributed by atoms with Crippen molar-refractivity contribution in [3.8, 4) is 11.6 Å². The summed E-state index contributed by atoms with van der Waals surface area (Å²) in [6.45, 7) is 7.61. The van der Waals surface area contributed by atoms with Crippen LogP contribution in [0.2, 0.25) is 0 Å². The van der Waals surface area contributed by atoms with Crippen molar-refractivity contribution >= 4 is 17.7 Å². The molecule has 1 aromatic carbocycles. The zero-order valence-electron chi connectivity index (χ0n) is 21.2. The minimum atomic E-state index is -0.717. The summed E-state index contributed by atoms with van der Waals surface area (Å²) >= 11 is 0. The molecular weight excluding hydrogens is 462 g/mol. The van der Waals surface area contributed by atoms with Gasteiger partial charge in [-0.15, -0.1) is 0 Å². The molecule has 1 aliphatic heterocycles. The number of hydrogen-bond acceptors (Lipinski definition) is 7. The Kier molecular flexibility index (Phi) is 7.01. The quantitative estimate of drug-likeness (QED) is 0.505. The average Bonchev–Trinajstić information content (AvgIpc) is 3.50. The third-order valence-electron chi connectivity index (χ3n) is 6.31. The summed E-state index contributed by atoms with van der Waals surface area (Å²) in [7, 11) is 1.49. The van der Waals surface area contributed by atoms with Crippen LogP contribution in [0, 0.1) is 11.3 Å². The largest absolute Gasteiger partial charge is 0.490 e. The number of benzene rings is 1. The monoisotopic (exact) mass is 493 g/mol. The maximum absolute atomic E-state index is 13.3. The van der Waals surface area contributed by atoms with E-state index >= 15 is 0 Å². The Morgan fingerprint density at radius 1 is 1.17 bits per heavy atom. The first-order valence-electron chi connectivity index (χ1n) is 11.9. The summed E-state index contributed by atoms with van der Waals surface area (Å²) in [6.07, 6.45) is 2.92. The Labute approximate surface area is 210 Å². The fraction of sp³-hybridized carbons (Fsp3) is 0.407. The highest BCUT2D eigenvalue weighted by atomic mass is 16.5. The zero-order valence-corrected chi connectivity index (χ0v) is 21.2. The molecule has 0 spiro atoms. The highest BCUT2D eigenvalue weighted by Crippen LogP contribution is 2.42. The standard InChI is InChI=1S/C27H31N3O6/c1-17-13-21(31)29(26(33)27(2,3)4)14-20(17)22-23(34-5)25(36-15-18-9-7-6-8-10-18)30(28-22)24(32)19-11-12-35-16-19/h6-12,16-17,20H,13-15H2,1-5H3. The molecule has 2 unspecified atom stereocenters. The minimum Gasteiger partial charge on any atom is -0.490 e. The third kappa shape index (κ3) is 4.91. The first-order valence-corrected chi connectivity index (χ1v) is 11.9. The van der Waals surface area contributed by atoms with Crippen molar-refractivity contribution in [1.82, 2.24) is 14.7 Å². The number of ether oxygens (including phenoxy) is 2. The summed E-state index contributed by atoms with van der Waals surface area (Å²) in [6, 6.07) is 11.1. The number of methoxy groups -OCH3 is 1. The molecule has 0 N–H and O–H groups in total. The van der Waals surface area contributed by atoms with Crippen LogP contribution in [0.5, 0.6) is 11.6 Å². The average molecular weight is 494 g/mol. The van der Waals surface area contributed by atoms with Crippen LogP contribution in [0.15, 0.2) is 53.3 Å². The Balaban J connectivity index is 1.76. The number of rotatable bonds is 6. The Bertz CT molecular complexity index is 1240. The number of hydrogen-bond donors (Lipinski definition) is 0. The van der Waals surface area contributed by atoms with Crippen molar-refractivity contribution in [2.24, 2.45) is 11.3 Å². The topological polar surface area (TPSA) is 104 Å². The lowest BCUT2D eigenvalue weighted by Gasteiger charge is -2.37. The van der Waals surface area contributed by atoms with Crippen molar-refractivity contribution in [1.29, 1.82) is 0 Å². The van der Waals surface area contributed by atoms with Crippen LogP contribution in [0.1, 0.15) is 61.6 Å². The first kappa shape index (κ1) is 25.2. The molecule has 1 saturated heterocycles. The van der Waals surface area contributed by atoms with Gasteiger partial charge < -0.3 is 13.9 Å². The van der Waals surface area contributed by atoms with E-state index in [1.54, 1.807) is 26.8 Å². The lowest BCUT2D eigenvalue weighted by Crippen LogP contribution is -2.50. The molecule has 1 fully saturated rings. The van der Waals surface area contributed by atoms with Crippen molar-refractivity contribution in [2.75, 3.05) is 13.7 Å². The number of nitrogens with zero attached hydrogens (tertiary/aromatic N) is 3. The van der Waals surface area contributed by atoms with E-state index in [1.165, 1.54) is 29.2 Å².